The molecular weight excluding hydrogens is 248 g/mol. The van der Waals surface area contributed by atoms with Crippen molar-refractivity contribution < 1.29 is 4.74 Å². The highest BCUT2D eigenvalue weighted by molar-refractivity contribution is 5.38. The normalized spacial score (nSPS) is 11.4. The topological polar surface area (TPSA) is 48.1 Å². The van der Waals surface area contributed by atoms with Gasteiger partial charge >= 0.3 is 0 Å². The summed E-state index contributed by atoms with van der Waals surface area (Å²) in [6.45, 7) is 7.55. The Morgan fingerprint density at radius 3 is 2.60 bits per heavy atom. The van der Waals surface area contributed by atoms with Crippen LogP contribution in [0, 0.1) is 0 Å². The van der Waals surface area contributed by atoms with E-state index in [2.05, 4.69) is 31.8 Å². The monoisotopic (exact) mass is 270 g/mol. The number of aromatic nitrogens is 1. The second-order valence-electron chi connectivity index (χ2n) is 5.89. The summed E-state index contributed by atoms with van der Waals surface area (Å²) in [5, 5.41) is 0. The lowest BCUT2D eigenvalue weighted by atomic mass is 9.86. The van der Waals surface area contributed by atoms with Crippen LogP contribution in [0.15, 0.2) is 42.6 Å². The lowest BCUT2D eigenvalue weighted by molar-refractivity contribution is 0.297. The average Bonchev–Trinajstić information content (AvgIpc) is 2.44. The van der Waals surface area contributed by atoms with Gasteiger partial charge < -0.3 is 10.5 Å². The van der Waals surface area contributed by atoms with Gasteiger partial charge in [-0.15, -0.1) is 0 Å². The third-order valence-corrected chi connectivity index (χ3v) is 3.18. The van der Waals surface area contributed by atoms with Crippen LogP contribution in [0.1, 0.15) is 37.6 Å². The number of hydrogen-bond donors (Lipinski definition) is 1. The second-order valence-corrected chi connectivity index (χ2v) is 5.89. The van der Waals surface area contributed by atoms with Crippen molar-refractivity contribution in [3.05, 3.63) is 59.4 Å². The van der Waals surface area contributed by atoms with Gasteiger partial charge in [0.25, 0.3) is 0 Å². The lowest BCUT2D eigenvalue weighted by Crippen LogP contribution is -2.13. The number of para-hydroxylation sites is 1. The molecule has 0 aliphatic carbocycles. The van der Waals surface area contributed by atoms with E-state index in [4.69, 9.17) is 10.5 Å². The van der Waals surface area contributed by atoms with Gasteiger partial charge in [-0.05, 0) is 34.7 Å². The lowest BCUT2D eigenvalue weighted by Gasteiger charge is -2.22. The molecule has 0 unspecified atom stereocenters. The highest BCUT2D eigenvalue weighted by Gasteiger charge is 2.18. The molecule has 0 bridgehead atoms. The summed E-state index contributed by atoms with van der Waals surface area (Å²) in [7, 11) is 0. The molecule has 0 radical (unpaired) electrons. The minimum atomic E-state index is 0.0667. The van der Waals surface area contributed by atoms with E-state index >= 15 is 0 Å². The van der Waals surface area contributed by atoms with E-state index in [1.807, 2.05) is 30.3 Å². The second kappa shape index (κ2) is 6.06. The van der Waals surface area contributed by atoms with Crippen LogP contribution in [-0.4, -0.2) is 4.98 Å². The van der Waals surface area contributed by atoms with Crippen molar-refractivity contribution in [2.24, 2.45) is 5.73 Å². The minimum Gasteiger partial charge on any atom is -0.489 e. The number of hydrogen-bond acceptors (Lipinski definition) is 3. The third-order valence-electron chi connectivity index (χ3n) is 3.18. The van der Waals surface area contributed by atoms with Crippen LogP contribution in [0.4, 0.5) is 0 Å². The molecule has 106 valence electrons. The summed E-state index contributed by atoms with van der Waals surface area (Å²) in [4.78, 5) is 4.19. The highest BCUT2D eigenvalue weighted by Crippen LogP contribution is 2.31. The Balaban J connectivity index is 2.15. The van der Waals surface area contributed by atoms with Crippen LogP contribution in [0.25, 0.3) is 0 Å². The molecule has 0 spiro atoms. The van der Waals surface area contributed by atoms with Gasteiger partial charge in [-0.3, -0.25) is 4.98 Å². The fraction of sp³-hybridized carbons (Fsp3) is 0.353. The zero-order chi connectivity index (χ0) is 14.6. The zero-order valence-electron chi connectivity index (χ0n) is 12.4. The molecule has 2 rings (SSSR count). The molecule has 0 saturated heterocycles. The maximum Gasteiger partial charge on any atom is 0.123 e. The van der Waals surface area contributed by atoms with Gasteiger partial charge in [0.05, 0.1) is 5.69 Å². The number of benzene rings is 1. The van der Waals surface area contributed by atoms with Gasteiger partial charge in [0, 0.05) is 12.7 Å². The Morgan fingerprint density at radius 2 is 1.90 bits per heavy atom. The molecule has 0 amide bonds. The molecule has 20 heavy (non-hydrogen) atoms. The molecule has 0 atom stereocenters. The Labute approximate surface area is 120 Å². The first-order valence-corrected chi connectivity index (χ1v) is 6.87. The van der Waals surface area contributed by atoms with Crippen molar-refractivity contribution in [3.63, 3.8) is 0 Å². The quantitative estimate of drug-likeness (QED) is 0.926. The van der Waals surface area contributed by atoms with Crippen LogP contribution in [0.3, 0.4) is 0 Å². The molecule has 2 aromatic rings. The molecule has 1 heterocycles. The van der Waals surface area contributed by atoms with Crippen molar-refractivity contribution >= 4 is 0 Å². The molecule has 1 aromatic heterocycles. The number of nitrogens with two attached hydrogens (primary N) is 1. The fourth-order valence-electron chi connectivity index (χ4n) is 2.10. The first kappa shape index (κ1) is 14.5. The summed E-state index contributed by atoms with van der Waals surface area (Å²) in [6.07, 6.45) is 1.77. The zero-order valence-corrected chi connectivity index (χ0v) is 12.4. The van der Waals surface area contributed by atoms with E-state index in [0.29, 0.717) is 13.2 Å². The smallest absolute Gasteiger partial charge is 0.123 e. The highest BCUT2D eigenvalue weighted by atomic mass is 16.5. The van der Waals surface area contributed by atoms with Gasteiger partial charge in [0.1, 0.15) is 12.4 Å². The van der Waals surface area contributed by atoms with E-state index in [9.17, 15) is 0 Å². The predicted octanol–water partition coefficient (Wildman–Crippen LogP) is 3.42. The molecule has 3 nitrogen and oxygen atoms in total. The van der Waals surface area contributed by atoms with Gasteiger partial charge in [-0.2, -0.15) is 0 Å². The SMILES string of the molecule is CC(C)(C)c1ccccc1OCc1ccnc(CN)c1. The number of nitrogens with zero attached hydrogens (tertiary/aromatic N) is 1. The predicted molar refractivity (Wildman–Crippen MR) is 81.6 cm³/mol. The molecule has 0 fully saturated rings. The molecule has 0 aliphatic heterocycles. The van der Waals surface area contributed by atoms with Crippen LogP contribution in [-0.2, 0) is 18.6 Å². The van der Waals surface area contributed by atoms with Crippen LogP contribution >= 0.6 is 0 Å². The summed E-state index contributed by atoms with van der Waals surface area (Å²) in [6, 6.07) is 12.1. The van der Waals surface area contributed by atoms with Crippen molar-refractivity contribution in [1.29, 1.82) is 0 Å². The molecule has 1 aromatic carbocycles. The number of pyridine rings is 1. The van der Waals surface area contributed by atoms with Crippen LogP contribution in [0.2, 0.25) is 0 Å². The Hall–Kier alpha value is -1.87. The Bertz CT molecular complexity index is 573. The average molecular weight is 270 g/mol. The van der Waals surface area contributed by atoms with Crippen LogP contribution < -0.4 is 10.5 Å². The minimum absolute atomic E-state index is 0.0667. The maximum atomic E-state index is 5.98. The summed E-state index contributed by atoms with van der Waals surface area (Å²) < 4.78 is 5.98. The van der Waals surface area contributed by atoms with Crippen molar-refractivity contribution in [1.82, 2.24) is 4.98 Å². The van der Waals surface area contributed by atoms with Crippen LogP contribution in [0.5, 0.6) is 5.75 Å². The Kier molecular flexibility index (Phi) is 4.40. The first-order valence-electron chi connectivity index (χ1n) is 6.87. The van der Waals surface area contributed by atoms with E-state index in [0.717, 1.165) is 17.0 Å². The van der Waals surface area contributed by atoms with E-state index in [1.54, 1.807) is 6.20 Å². The van der Waals surface area contributed by atoms with Gasteiger partial charge in [0.2, 0.25) is 0 Å². The van der Waals surface area contributed by atoms with Crippen molar-refractivity contribution in [2.45, 2.75) is 39.3 Å². The third kappa shape index (κ3) is 3.58. The summed E-state index contributed by atoms with van der Waals surface area (Å²) in [5.41, 5.74) is 8.86. The number of ether oxygens (including phenoxy) is 1. The van der Waals surface area contributed by atoms with Gasteiger partial charge in [-0.1, -0.05) is 39.0 Å². The Morgan fingerprint density at radius 1 is 1.15 bits per heavy atom. The van der Waals surface area contributed by atoms with Gasteiger partial charge in [0.15, 0.2) is 0 Å². The molecule has 2 N–H and O–H groups in total. The van der Waals surface area contributed by atoms with E-state index in [-0.39, 0.29) is 5.41 Å². The molecule has 0 saturated carbocycles. The van der Waals surface area contributed by atoms with E-state index < -0.39 is 0 Å². The molecular formula is C17H22N2O. The van der Waals surface area contributed by atoms with Crippen molar-refractivity contribution in [2.75, 3.05) is 0 Å². The largest absolute Gasteiger partial charge is 0.489 e. The maximum absolute atomic E-state index is 5.98. The molecule has 3 heteroatoms. The number of rotatable bonds is 4. The summed E-state index contributed by atoms with van der Waals surface area (Å²) in [5.74, 6) is 0.936. The summed E-state index contributed by atoms with van der Waals surface area (Å²) >= 11 is 0. The van der Waals surface area contributed by atoms with E-state index in [1.165, 1.54) is 5.56 Å². The van der Waals surface area contributed by atoms with Crippen molar-refractivity contribution in [3.8, 4) is 5.75 Å². The van der Waals surface area contributed by atoms with Gasteiger partial charge in [-0.25, -0.2) is 0 Å². The fourth-order valence-corrected chi connectivity index (χ4v) is 2.10. The first-order chi connectivity index (χ1) is 9.50. The standard InChI is InChI=1S/C17H22N2O/c1-17(2,3)15-6-4-5-7-16(15)20-12-13-8-9-19-14(10-13)11-18/h4-10H,11-12,18H2,1-3H3. The molecule has 0 aliphatic rings.